The van der Waals surface area contributed by atoms with E-state index in [0.717, 1.165) is 35.4 Å². The van der Waals surface area contributed by atoms with Crippen molar-refractivity contribution in [2.75, 3.05) is 19.5 Å². The lowest BCUT2D eigenvalue weighted by Crippen LogP contribution is -2.27. The molecule has 0 bridgehead atoms. The van der Waals surface area contributed by atoms with Gasteiger partial charge in [0.25, 0.3) is 5.91 Å². The van der Waals surface area contributed by atoms with Gasteiger partial charge in [-0.3, -0.25) is 4.79 Å². The number of benzene rings is 2. The van der Waals surface area contributed by atoms with Crippen molar-refractivity contribution in [3.63, 3.8) is 0 Å². The molecule has 184 valence electrons. The highest BCUT2D eigenvalue weighted by Crippen LogP contribution is 2.45. The second-order valence-electron chi connectivity index (χ2n) is 9.82. The summed E-state index contributed by atoms with van der Waals surface area (Å²) in [7, 11) is 3.22. The van der Waals surface area contributed by atoms with E-state index >= 15 is 0 Å². The second-order valence-corrected chi connectivity index (χ2v) is 11.3. The Morgan fingerprint density at radius 2 is 1.83 bits per heavy atom. The number of anilines is 1. The molecule has 1 aromatic heterocycles. The number of thiophene rings is 1. The number of carbonyl (C=O) groups is 1. The second kappa shape index (κ2) is 10.4. The highest BCUT2D eigenvalue weighted by molar-refractivity contribution is 7.16. The van der Waals surface area contributed by atoms with Gasteiger partial charge in [-0.15, -0.1) is 11.3 Å². The van der Waals surface area contributed by atoms with Crippen LogP contribution in [0.25, 0.3) is 0 Å². The van der Waals surface area contributed by atoms with Gasteiger partial charge in [-0.05, 0) is 84.2 Å². The van der Waals surface area contributed by atoms with Crippen LogP contribution in [0.4, 0.5) is 10.7 Å². The summed E-state index contributed by atoms with van der Waals surface area (Å²) >= 11 is 7.64. The number of carbonyl (C=O) groups excluding carboxylic acids is 1. The molecular weight excluding hydrogens is 480 g/mol. The van der Waals surface area contributed by atoms with E-state index in [2.05, 4.69) is 26.1 Å². The number of hydrogen-bond acceptors (Lipinski definition) is 5. The Kier molecular flexibility index (Phi) is 7.53. The molecule has 0 saturated heterocycles. The molecule has 1 aliphatic carbocycles. The molecule has 2 aromatic carbocycles. The number of ether oxygens (including phenoxy) is 2. The van der Waals surface area contributed by atoms with Crippen molar-refractivity contribution in [3.05, 3.63) is 69.1 Å². The molecule has 4 rings (SSSR count). The SMILES string of the molecule is COc1ccc(C=Nc2sc3c(c2C(=O)Nc2ccc(Cl)cc2)CC[C@@H](C(C)(C)C)C3)cc1OC. The Labute approximate surface area is 216 Å². The molecule has 1 N–H and O–H groups in total. The molecule has 3 aromatic rings. The molecular formula is C28H31ClN2O3S. The van der Waals surface area contributed by atoms with E-state index in [1.54, 1.807) is 56.0 Å². The molecule has 5 nitrogen and oxygen atoms in total. The maximum atomic E-state index is 13.5. The summed E-state index contributed by atoms with van der Waals surface area (Å²) in [6.45, 7) is 6.88. The summed E-state index contributed by atoms with van der Waals surface area (Å²) in [6, 6.07) is 12.8. The fourth-order valence-corrected chi connectivity index (χ4v) is 5.82. The van der Waals surface area contributed by atoms with E-state index in [1.807, 2.05) is 18.2 Å². The number of methoxy groups -OCH3 is 2. The van der Waals surface area contributed by atoms with Gasteiger partial charge in [-0.1, -0.05) is 32.4 Å². The normalized spacial score (nSPS) is 15.7. The molecule has 0 unspecified atom stereocenters. The maximum absolute atomic E-state index is 13.5. The van der Waals surface area contributed by atoms with Gasteiger partial charge in [0.2, 0.25) is 0 Å². The Hall–Kier alpha value is -2.83. The standard InChI is InChI=1S/C28H31ClN2O3S/c1-28(2,3)18-7-12-21-24(15-18)35-27(25(21)26(32)31-20-10-8-19(29)9-11-20)30-16-17-6-13-22(33-4)23(14-17)34-5/h6,8-11,13-14,16,18H,7,12,15H2,1-5H3,(H,31,32)/t18-/m1/s1. The van der Waals surface area contributed by atoms with Gasteiger partial charge in [0.1, 0.15) is 5.00 Å². The number of hydrogen-bond donors (Lipinski definition) is 1. The van der Waals surface area contributed by atoms with E-state index in [9.17, 15) is 4.79 Å². The van der Waals surface area contributed by atoms with Crippen LogP contribution < -0.4 is 14.8 Å². The average molecular weight is 511 g/mol. The van der Waals surface area contributed by atoms with E-state index < -0.39 is 0 Å². The number of aliphatic imine (C=N–C) groups is 1. The van der Waals surface area contributed by atoms with Crippen LogP contribution >= 0.6 is 22.9 Å². The van der Waals surface area contributed by atoms with Crippen molar-refractivity contribution in [2.24, 2.45) is 16.3 Å². The largest absolute Gasteiger partial charge is 0.493 e. The number of nitrogens with zero attached hydrogens (tertiary/aromatic N) is 1. The lowest BCUT2D eigenvalue weighted by atomic mass is 9.72. The number of rotatable bonds is 6. The summed E-state index contributed by atoms with van der Waals surface area (Å²) in [5.74, 6) is 1.73. The topological polar surface area (TPSA) is 59.9 Å². The first kappa shape index (κ1) is 25.3. The maximum Gasteiger partial charge on any atom is 0.259 e. The van der Waals surface area contributed by atoms with Crippen LogP contribution in [0, 0.1) is 11.3 Å². The Morgan fingerprint density at radius 1 is 1.11 bits per heavy atom. The first-order chi connectivity index (χ1) is 16.7. The van der Waals surface area contributed by atoms with Crippen molar-refractivity contribution in [1.82, 2.24) is 0 Å². The minimum Gasteiger partial charge on any atom is -0.493 e. The summed E-state index contributed by atoms with van der Waals surface area (Å²) in [6.07, 6.45) is 4.69. The van der Waals surface area contributed by atoms with E-state index in [1.165, 1.54) is 4.88 Å². The molecule has 7 heteroatoms. The third-order valence-electron chi connectivity index (χ3n) is 6.54. The molecule has 0 fully saturated rings. The predicted octanol–water partition coefficient (Wildman–Crippen LogP) is 7.57. The van der Waals surface area contributed by atoms with Crippen molar-refractivity contribution in [2.45, 2.75) is 40.0 Å². The zero-order chi connectivity index (χ0) is 25.2. The van der Waals surface area contributed by atoms with Crippen LogP contribution in [0.2, 0.25) is 5.02 Å². The summed E-state index contributed by atoms with van der Waals surface area (Å²) in [5, 5.41) is 4.39. The minimum atomic E-state index is -0.140. The fraction of sp³-hybridized carbons (Fsp3) is 0.357. The van der Waals surface area contributed by atoms with Gasteiger partial charge >= 0.3 is 0 Å². The molecule has 1 aliphatic rings. The lowest BCUT2D eigenvalue weighted by molar-refractivity contribution is 0.102. The molecule has 0 spiro atoms. The first-order valence-electron chi connectivity index (χ1n) is 11.7. The smallest absolute Gasteiger partial charge is 0.259 e. The summed E-state index contributed by atoms with van der Waals surface area (Å²) in [4.78, 5) is 19.5. The van der Waals surface area contributed by atoms with Crippen LogP contribution in [0.1, 0.15) is 53.6 Å². The van der Waals surface area contributed by atoms with Crippen molar-refractivity contribution < 1.29 is 14.3 Å². The molecule has 1 atom stereocenters. The van der Waals surface area contributed by atoms with Crippen molar-refractivity contribution in [3.8, 4) is 11.5 Å². The molecule has 0 aliphatic heterocycles. The van der Waals surface area contributed by atoms with E-state index in [4.69, 9.17) is 26.1 Å². The lowest BCUT2D eigenvalue weighted by Gasteiger charge is -2.33. The van der Waals surface area contributed by atoms with Crippen LogP contribution in [0.3, 0.4) is 0 Å². The fourth-order valence-electron chi connectivity index (χ4n) is 4.43. The Bertz CT molecular complexity index is 1240. The zero-order valence-corrected chi connectivity index (χ0v) is 22.3. The van der Waals surface area contributed by atoms with E-state index in [-0.39, 0.29) is 11.3 Å². The van der Waals surface area contributed by atoms with Gasteiger partial charge < -0.3 is 14.8 Å². The van der Waals surface area contributed by atoms with Gasteiger partial charge in [-0.25, -0.2) is 4.99 Å². The zero-order valence-electron chi connectivity index (χ0n) is 20.8. The molecule has 1 heterocycles. The highest BCUT2D eigenvalue weighted by atomic mass is 35.5. The van der Waals surface area contributed by atoms with Gasteiger partial charge in [-0.2, -0.15) is 0 Å². The first-order valence-corrected chi connectivity index (χ1v) is 12.9. The van der Waals surface area contributed by atoms with E-state index in [0.29, 0.717) is 33.7 Å². The van der Waals surface area contributed by atoms with Crippen LogP contribution in [0.5, 0.6) is 11.5 Å². The quantitative estimate of drug-likeness (QED) is 0.348. The number of fused-ring (bicyclic) bond motifs is 1. The molecule has 1 amide bonds. The Balaban J connectivity index is 1.70. The average Bonchev–Trinajstić information content (AvgIpc) is 3.21. The predicted molar refractivity (Wildman–Crippen MR) is 145 cm³/mol. The van der Waals surface area contributed by atoms with Crippen LogP contribution in [-0.2, 0) is 12.8 Å². The molecule has 35 heavy (non-hydrogen) atoms. The van der Waals surface area contributed by atoms with Crippen molar-refractivity contribution >= 4 is 45.7 Å². The third-order valence-corrected chi connectivity index (χ3v) is 7.95. The minimum absolute atomic E-state index is 0.140. The number of amides is 1. The number of halogens is 1. The third kappa shape index (κ3) is 5.71. The highest BCUT2D eigenvalue weighted by Gasteiger charge is 2.33. The molecule has 0 radical (unpaired) electrons. The van der Waals surface area contributed by atoms with Gasteiger partial charge in [0.05, 0.1) is 19.8 Å². The monoisotopic (exact) mass is 510 g/mol. The summed E-state index contributed by atoms with van der Waals surface area (Å²) in [5.41, 5.74) is 3.59. The molecule has 0 saturated carbocycles. The Morgan fingerprint density at radius 3 is 2.49 bits per heavy atom. The van der Waals surface area contributed by atoms with Gasteiger partial charge in [0, 0.05) is 21.8 Å². The summed E-state index contributed by atoms with van der Waals surface area (Å²) < 4.78 is 10.8. The van der Waals surface area contributed by atoms with Crippen LogP contribution in [-0.4, -0.2) is 26.3 Å². The van der Waals surface area contributed by atoms with Crippen molar-refractivity contribution in [1.29, 1.82) is 0 Å². The number of nitrogens with one attached hydrogen (secondary N) is 1. The van der Waals surface area contributed by atoms with Gasteiger partial charge in [0.15, 0.2) is 11.5 Å². The van der Waals surface area contributed by atoms with Crippen LogP contribution in [0.15, 0.2) is 47.5 Å².